The molecule has 0 radical (unpaired) electrons. The number of hydrogen-bond donors (Lipinski definition) is 1. The summed E-state index contributed by atoms with van der Waals surface area (Å²) in [7, 11) is 0. The van der Waals surface area contributed by atoms with Gasteiger partial charge in [-0.25, -0.2) is 4.98 Å². The van der Waals surface area contributed by atoms with E-state index in [0.29, 0.717) is 5.92 Å². The summed E-state index contributed by atoms with van der Waals surface area (Å²) >= 11 is 0. The van der Waals surface area contributed by atoms with Crippen LogP contribution in [0, 0.1) is 11.8 Å². The van der Waals surface area contributed by atoms with E-state index >= 15 is 0 Å². The molecule has 1 fully saturated rings. The molecule has 2 aromatic rings. The van der Waals surface area contributed by atoms with Crippen LogP contribution in [0.25, 0.3) is 0 Å². The van der Waals surface area contributed by atoms with Crippen LogP contribution in [0.5, 0.6) is 0 Å². The SMILES string of the molecule is c1ccc(NCC[C@H]2CN(CC3CCOCC3)Cc3cccn3C2)nc1. The molecule has 0 unspecified atom stereocenters. The fourth-order valence-corrected chi connectivity index (χ4v) is 4.25. The molecule has 2 aliphatic rings. The zero-order valence-corrected chi connectivity index (χ0v) is 15.5. The second kappa shape index (κ2) is 8.69. The fourth-order valence-electron chi connectivity index (χ4n) is 4.25. The minimum atomic E-state index is 0.666. The van der Waals surface area contributed by atoms with Gasteiger partial charge in [0.2, 0.25) is 0 Å². The molecule has 2 aliphatic heterocycles. The quantitative estimate of drug-likeness (QED) is 0.865. The van der Waals surface area contributed by atoms with Crippen molar-refractivity contribution >= 4 is 5.82 Å². The van der Waals surface area contributed by atoms with E-state index in [0.717, 1.165) is 44.6 Å². The van der Waals surface area contributed by atoms with E-state index in [-0.39, 0.29) is 0 Å². The van der Waals surface area contributed by atoms with E-state index in [1.807, 2.05) is 24.4 Å². The van der Waals surface area contributed by atoms with Gasteiger partial charge in [0, 0.05) is 64.0 Å². The minimum absolute atomic E-state index is 0.666. The number of pyridine rings is 1. The number of ether oxygens (including phenoxy) is 1. The van der Waals surface area contributed by atoms with Gasteiger partial charge in [0.1, 0.15) is 5.82 Å². The minimum Gasteiger partial charge on any atom is -0.381 e. The van der Waals surface area contributed by atoms with Gasteiger partial charge < -0.3 is 14.6 Å². The lowest BCUT2D eigenvalue weighted by molar-refractivity contribution is 0.0494. The zero-order valence-electron chi connectivity index (χ0n) is 15.5. The third kappa shape index (κ3) is 4.65. The average molecular weight is 354 g/mol. The van der Waals surface area contributed by atoms with Crippen molar-refractivity contribution in [3.63, 3.8) is 0 Å². The molecule has 1 saturated heterocycles. The van der Waals surface area contributed by atoms with E-state index in [1.165, 1.54) is 38.0 Å². The van der Waals surface area contributed by atoms with E-state index in [1.54, 1.807) is 0 Å². The first-order valence-electron chi connectivity index (χ1n) is 9.96. The second-order valence-corrected chi connectivity index (χ2v) is 7.70. The molecule has 5 heteroatoms. The summed E-state index contributed by atoms with van der Waals surface area (Å²) in [5.74, 6) is 2.43. The van der Waals surface area contributed by atoms with Crippen LogP contribution in [0.3, 0.4) is 0 Å². The summed E-state index contributed by atoms with van der Waals surface area (Å²) < 4.78 is 7.99. The van der Waals surface area contributed by atoms with Crippen LogP contribution >= 0.6 is 0 Å². The van der Waals surface area contributed by atoms with Crippen LogP contribution in [-0.4, -0.2) is 47.3 Å². The molecule has 0 aromatic carbocycles. The smallest absolute Gasteiger partial charge is 0.125 e. The third-order valence-corrected chi connectivity index (χ3v) is 5.66. The Kier molecular flexibility index (Phi) is 5.87. The van der Waals surface area contributed by atoms with Gasteiger partial charge in [0.15, 0.2) is 0 Å². The summed E-state index contributed by atoms with van der Waals surface area (Å²) in [5.41, 5.74) is 1.46. The van der Waals surface area contributed by atoms with Crippen molar-refractivity contribution in [2.24, 2.45) is 11.8 Å². The van der Waals surface area contributed by atoms with E-state index < -0.39 is 0 Å². The molecule has 1 atom stereocenters. The number of aromatic nitrogens is 2. The van der Waals surface area contributed by atoms with Gasteiger partial charge in [0.25, 0.3) is 0 Å². The number of nitrogens with one attached hydrogen (secondary N) is 1. The third-order valence-electron chi connectivity index (χ3n) is 5.66. The molecule has 0 amide bonds. The number of anilines is 1. The Morgan fingerprint density at radius 3 is 2.85 bits per heavy atom. The topological polar surface area (TPSA) is 42.3 Å². The Balaban J connectivity index is 1.35. The van der Waals surface area contributed by atoms with Gasteiger partial charge in [-0.1, -0.05) is 6.07 Å². The van der Waals surface area contributed by atoms with Gasteiger partial charge in [-0.2, -0.15) is 0 Å². The second-order valence-electron chi connectivity index (χ2n) is 7.70. The van der Waals surface area contributed by atoms with Crippen LogP contribution in [0.2, 0.25) is 0 Å². The summed E-state index contributed by atoms with van der Waals surface area (Å²) in [5, 5.41) is 3.47. The maximum Gasteiger partial charge on any atom is 0.125 e. The largest absolute Gasteiger partial charge is 0.381 e. The van der Waals surface area contributed by atoms with E-state index in [2.05, 4.69) is 38.1 Å². The molecule has 26 heavy (non-hydrogen) atoms. The lowest BCUT2D eigenvalue weighted by atomic mass is 9.98. The first kappa shape index (κ1) is 17.6. The van der Waals surface area contributed by atoms with Crippen LogP contribution in [0.1, 0.15) is 25.0 Å². The molecule has 0 bridgehead atoms. The maximum atomic E-state index is 5.54. The lowest BCUT2D eigenvalue weighted by Gasteiger charge is -2.30. The fraction of sp³-hybridized carbons (Fsp3) is 0.571. The van der Waals surface area contributed by atoms with Crippen molar-refractivity contribution in [3.05, 3.63) is 48.4 Å². The monoisotopic (exact) mass is 354 g/mol. The molecule has 5 nitrogen and oxygen atoms in total. The van der Waals surface area contributed by atoms with Crippen LogP contribution in [-0.2, 0) is 17.8 Å². The molecule has 0 spiro atoms. The summed E-state index contributed by atoms with van der Waals surface area (Å²) in [4.78, 5) is 7.04. The molecular weight excluding hydrogens is 324 g/mol. The van der Waals surface area contributed by atoms with Crippen LogP contribution < -0.4 is 5.32 Å². The number of fused-ring (bicyclic) bond motifs is 1. The molecule has 0 aliphatic carbocycles. The molecule has 0 saturated carbocycles. The van der Waals surface area contributed by atoms with Gasteiger partial charge >= 0.3 is 0 Å². The average Bonchev–Trinajstić information content (AvgIpc) is 3.03. The summed E-state index contributed by atoms with van der Waals surface area (Å²) in [6.07, 6.45) is 7.67. The highest BCUT2D eigenvalue weighted by Gasteiger charge is 2.24. The Hall–Kier alpha value is -1.85. The van der Waals surface area contributed by atoms with Crippen LogP contribution in [0.15, 0.2) is 42.7 Å². The number of rotatable bonds is 6. The van der Waals surface area contributed by atoms with E-state index in [9.17, 15) is 0 Å². The van der Waals surface area contributed by atoms with Gasteiger partial charge in [-0.3, -0.25) is 4.90 Å². The predicted molar refractivity (Wildman–Crippen MR) is 104 cm³/mol. The molecule has 140 valence electrons. The van der Waals surface area contributed by atoms with Crippen molar-refractivity contribution < 1.29 is 4.74 Å². The normalized spacial score (nSPS) is 21.9. The molecule has 1 N–H and O–H groups in total. The summed E-state index contributed by atoms with van der Waals surface area (Å²) in [6.45, 7) is 7.44. The molecule has 4 heterocycles. The van der Waals surface area contributed by atoms with Gasteiger partial charge in [-0.05, 0) is 55.4 Å². The van der Waals surface area contributed by atoms with Gasteiger partial charge in [-0.15, -0.1) is 0 Å². The van der Waals surface area contributed by atoms with Crippen molar-refractivity contribution in [2.45, 2.75) is 32.4 Å². The predicted octanol–water partition coefficient (Wildman–Crippen LogP) is 3.24. The molecule has 2 aromatic heterocycles. The first-order valence-corrected chi connectivity index (χ1v) is 9.96. The highest BCUT2D eigenvalue weighted by molar-refractivity contribution is 5.32. The Morgan fingerprint density at radius 2 is 2.00 bits per heavy atom. The van der Waals surface area contributed by atoms with Crippen molar-refractivity contribution in [2.75, 3.05) is 38.2 Å². The Morgan fingerprint density at radius 1 is 1.08 bits per heavy atom. The maximum absolute atomic E-state index is 5.54. The standard InChI is InChI=1S/C21H30N4O/c1-2-9-22-21(5-1)23-10-6-19-15-24(14-18-7-12-26-13-8-18)17-20-4-3-11-25(20)16-19/h1-5,9,11,18-19H,6-8,10,12-17H2,(H,22,23)/t19-/m0/s1. The number of nitrogens with zero attached hydrogens (tertiary/aromatic N) is 3. The van der Waals surface area contributed by atoms with Crippen molar-refractivity contribution in [1.82, 2.24) is 14.5 Å². The van der Waals surface area contributed by atoms with Crippen LogP contribution in [0.4, 0.5) is 5.82 Å². The first-order chi connectivity index (χ1) is 12.9. The Bertz CT molecular complexity index is 666. The Labute approximate surface area is 156 Å². The molecule has 4 rings (SSSR count). The zero-order chi connectivity index (χ0) is 17.6. The van der Waals surface area contributed by atoms with E-state index in [4.69, 9.17) is 4.74 Å². The van der Waals surface area contributed by atoms with Gasteiger partial charge in [0.05, 0.1) is 0 Å². The highest BCUT2D eigenvalue weighted by atomic mass is 16.5. The number of hydrogen-bond acceptors (Lipinski definition) is 4. The summed E-state index contributed by atoms with van der Waals surface area (Å²) in [6, 6.07) is 10.5. The van der Waals surface area contributed by atoms with Crippen molar-refractivity contribution in [3.8, 4) is 0 Å². The van der Waals surface area contributed by atoms with Crippen molar-refractivity contribution in [1.29, 1.82) is 0 Å². The lowest BCUT2D eigenvalue weighted by Crippen LogP contribution is -2.35. The molecular formula is C21H30N4O. The highest BCUT2D eigenvalue weighted by Crippen LogP contribution is 2.23.